The predicted octanol–water partition coefficient (Wildman–Crippen LogP) is 4.16. The molecule has 4 N–H and O–H groups in total. The zero-order chi connectivity index (χ0) is 33.6. The van der Waals surface area contributed by atoms with Crippen LogP contribution in [0.2, 0.25) is 0 Å². The highest BCUT2D eigenvalue weighted by Crippen LogP contribution is 2.22. The number of nitro groups is 2. The van der Waals surface area contributed by atoms with E-state index in [0.29, 0.717) is 38.9 Å². The van der Waals surface area contributed by atoms with Gasteiger partial charge in [0.05, 0.1) is 43.9 Å². The number of nitriles is 3. The summed E-state index contributed by atoms with van der Waals surface area (Å²) in [6.07, 6.45) is 1.12. The molecule has 224 valence electrons. The third kappa shape index (κ3) is 11.7. The molecule has 0 atom stereocenters. The lowest BCUT2D eigenvalue weighted by Gasteiger charge is -2.00. The highest BCUT2D eigenvalue weighted by Gasteiger charge is 2.09. The zero-order valence-corrected chi connectivity index (χ0v) is 25.3. The van der Waals surface area contributed by atoms with Crippen molar-refractivity contribution in [3.05, 3.63) is 118 Å². The number of pyridine rings is 4. The van der Waals surface area contributed by atoms with E-state index in [1.54, 1.807) is 39.0 Å². The topological polar surface area (TPSA) is 275 Å². The van der Waals surface area contributed by atoms with E-state index in [-0.39, 0.29) is 17.1 Å². The normalized spacial score (nSPS) is 9.14. The van der Waals surface area contributed by atoms with Crippen LogP contribution in [0, 0.1) is 87.1 Å². The first-order chi connectivity index (χ1) is 20.6. The van der Waals surface area contributed by atoms with Gasteiger partial charge >= 0.3 is 0 Å². The Balaban J connectivity index is 0.000000294. The number of aromatic nitrogens is 4. The molecule has 0 bridgehead atoms. The van der Waals surface area contributed by atoms with Gasteiger partial charge < -0.3 is 16.7 Å². The van der Waals surface area contributed by atoms with Crippen molar-refractivity contribution in [2.24, 2.45) is 0 Å². The lowest BCUT2D eigenvalue weighted by molar-refractivity contribution is -0.613. The minimum Gasteiger partial charge on any atom is -0.619 e. The number of rotatable bonds is 2. The Morgan fingerprint density at radius 1 is 0.773 bits per heavy atom. The molecule has 0 saturated heterocycles. The van der Waals surface area contributed by atoms with Crippen molar-refractivity contribution in [1.82, 2.24) is 15.0 Å². The molecule has 4 aromatic rings. The summed E-state index contributed by atoms with van der Waals surface area (Å²) in [7, 11) is 0. The highest BCUT2D eigenvalue weighted by molar-refractivity contribution is 9.10. The molecule has 4 heterocycles. The molecule has 0 spiro atoms. The first-order valence-electron chi connectivity index (χ1n) is 12.0. The van der Waals surface area contributed by atoms with Crippen LogP contribution in [0.4, 0.5) is 22.7 Å². The van der Waals surface area contributed by atoms with E-state index >= 15 is 0 Å². The third-order valence-corrected chi connectivity index (χ3v) is 5.95. The van der Waals surface area contributed by atoms with Gasteiger partial charge in [-0.25, -0.2) is 15.0 Å². The minimum atomic E-state index is -0.546. The molecule has 0 aliphatic rings. The highest BCUT2D eigenvalue weighted by atomic mass is 79.9. The van der Waals surface area contributed by atoms with Gasteiger partial charge in [0.15, 0.2) is 11.9 Å². The number of nitrogen functional groups attached to an aromatic ring is 2. The van der Waals surface area contributed by atoms with Gasteiger partial charge in [0.1, 0.15) is 35.3 Å². The van der Waals surface area contributed by atoms with Crippen LogP contribution in [-0.2, 0) is 0 Å². The molecule has 0 unspecified atom stereocenters. The number of hydrogen-bond donors (Lipinski definition) is 2. The molecule has 0 radical (unpaired) electrons. The molecule has 0 aliphatic carbocycles. The molecule has 0 saturated carbocycles. The fourth-order valence-corrected chi connectivity index (χ4v) is 3.21. The predicted molar refractivity (Wildman–Crippen MR) is 161 cm³/mol. The molecule has 16 nitrogen and oxygen atoms in total. The van der Waals surface area contributed by atoms with E-state index in [1.165, 1.54) is 31.2 Å². The van der Waals surface area contributed by atoms with Crippen LogP contribution in [0.1, 0.15) is 39.9 Å². The van der Waals surface area contributed by atoms with E-state index < -0.39 is 9.85 Å². The van der Waals surface area contributed by atoms with Crippen LogP contribution >= 0.6 is 15.9 Å². The summed E-state index contributed by atoms with van der Waals surface area (Å²) < 4.78 is 1.34. The number of aryl methyl sites for hydroxylation is 4. The van der Waals surface area contributed by atoms with E-state index in [9.17, 15) is 25.4 Å². The fraction of sp³-hybridized carbons (Fsp3) is 0.148. The Morgan fingerprint density at radius 3 is 1.73 bits per heavy atom. The second kappa shape index (κ2) is 16.9. The summed E-state index contributed by atoms with van der Waals surface area (Å²) in [6.45, 7) is 6.71. The van der Waals surface area contributed by atoms with Gasteiger partial charge in [0, 0.05) is 30.1 Å². The molecule has 17 heteroatoms. The van der Waals surface area contributed by atoms with Crippen molar-refractivity contribution < 1.29 is 14.6 Å². The number of nitrogens with two attached hydrogens (primary N) is 2. The third-order valence-electron chi connectivity index (χ3n) is 4.92. The van der Waals surface area contributed by atoms with Crippen LogP contribution in [0.25, 0.3) is 0 Å². The zero-order valence-electron chi connectivity index (χ0n) is 23.7. The van der Waals surface area contributed by atoms with Crippen LogP contribution < -0.4 is 16.2 Å². The van der Waals surface area contributed by atoms with Crippen molar-refractivity contribution >= 4 is 38.7 Å². The van der Waals surface area contributed by atoms with E-state index in [4.69, 9.17) is 27.3 Å². The summed E-state index contributed by atoms with van der Waals surface area (Å²) in [4.78, 5) is 31.0. The first kappa shape index (κ1) is 35.8. The van der Waals surface area contributed by atoms with Crippen molar-refractivity contribution in [1.29, 1.82) is 15.8 Å². The van der Waals surface area contributed by atoms with Crippen LogP contribution in [0.3, 0.4) is 0 Å². The van der Waals surface area contributed by atoms with Crippen molar-refractivity contribution in [2.75, 3.05) is 11.5 Å². The lowest BCUT2D eigenvalue weighted by atomic mass is 10.3. The maximum absolute atomic E-state index is 10.7. The van der Waals surface area contributed by atoms with Crippen LogP contribution in [-0.4, -0.2) is 24.8 Å². The van der Waals surface area contributed by atoms with Gasteiger partial charge in [-0.2, -0.15) is 20.5 Å². The quantitative estimate of drug-likeness (QED) is 0.132. The number of hydrogen-bond acceptors (Lipinski definition) is 13. The maximum Gasteiger partial charge on any atom is 0.281 e. The van der Waals surface area contributed by atoms with Crippen molar-refractivity contribution in [3.63, 3.8) is 0 Å². The molecular weight excluding hydrogens is 638 g/mol. The first-order valence-corrected chi connectivity index (χ1v) is 12.7. The molecule has 0 fully saturated rings. The monoisotopic (exact) mass is 661 g/mol. The molecule has 0 amide bonds. The Labute approximate surface area is 259 Å². The van der Waals surface area contributed by atoms with Crippen molar-refractivity contribution in [3.8, 4) is 18.2 Å². The Morgan fingerprint density at radius 2 is 1.27 bits per heavy atom. The molecular formula is C27H24BrN11O5. The average Bonchev–Trinajstić information content (AvgIpc) is 2.97. The number of anilines is 2. The van der Waals surface area contributed by atoms with Crippen molar-refractivity contribution in [2.45, 2.75) is 27.7 Å². The van der Waals surface area contributed by atoms with Gasteiger partial charge in [-0.3, -0.25) is 20.2 Å². The Hall–Kier alpha value is -6.25. The number of nitrogens with zero attached hydrogens (tertiary/aromatic N) is 9. The van der Waals surface area contributed by atoms with Gasteiger partial charge in [-0.1, -0.05) is 0 Å². The fourth-order valence-electron chi connectivity index (χ4n) is 3.01. The lowest BCUT2D eigenvalue weighted by Crippen LogP contribution is -2.28. The Bertz CT molecular complexity index is 1770. The molecule has 0 aliphatic heterocycles. The molecule has 4 aromatic heterocycles. The summed E-state index contributed by atoms with van der Waals surface area (Å²) in [6, 6.07) is 15.3. The second-order valence-electron chi connectivity index (χ2n) is 8.48. The molecule has 44 heavy (non-hydrogen) atoms. The Kier molecular flexibility index (Phi) is 13.7. The van der Waals surface area contributed by atoms with E-state index in [2.05, 4.69) is 30.9 Å². The molecule has 0 aromatic carbocycles. The molecule has 4 rings (SSSR count). The van der Waals surface area contributed by atoms with E-state index in [0.717, 1.165) is 28.1 Å². The van der Waals surface area contributed by atoms with E-state index in [1.807, 2.05) is 12.1 Å². The summed E-state index contributed by atoms with van der Waals surface area (Å²) in [5.74, 6) is 0. The SMILES string of the molecule is Cc1cc(N)cc(C#N)n1.Cc1cc([N+](=O)[O-])cc(C#N)n1.Cc1cc([N+](=O)[O-])cc[n+]1[O-].Cc1nc(C#N)cc(N)c1Br. The summed E-state index contributed by atoms with van der Waals surface area (Å²) in [5, 5.41) is 56.5. The van der Waals surface area contributed by atoms with Gasteiger partial charge in [0.2, 0.25) is 0 Å². The van der Waals surface area contributed by atoms with Gasteiger partial charge in [-0.05, 0) is 54.9 Å². The summed E-state index contributed by atoms with van der Waals surface area (Å²) >= 11 is 3.25. The van der Waals surface area contributed by atoms with Crippen LogP contribution in [0.15, 0.2) is 53.1 Å². The number of halogens is 1. The average molecular weight is 662 g/mol. The second-order valence-corrected chi connectivity index (χ2v) is 9.27. The maximum atomic E-state index is 10.7. The standard InChI is InChI=1S/C7H6BrN3.C7H5N3O2.C7H7N3.C6H6N2O3/c1-4-7(8)6(10)2-5(3-9)11-4;1-5-2-7(10(11)12)3-6(4-8)9-5;1-5-2-6(9)3-7(4-8)10-5;1-5-4-6(8(10)11)2-3-7(5)9/h2H,1H3,(H2,10,11);2-3H,1H3;2-3H,1H3,(H2,9,10);2-4H,1H3. The van der Waals surface area contributed by atoms with Gasteiger partial charge in [0.25, 0.3) is 11.4 Å². The minimum absolute atomic E-state index is 0.0606. The smallest absolute Gasteiger partial charge is 0.281 e. The van der Waals surface area contributed by atoms with Crippen LogP contribution in [0.5, 0.6) is 0 Å². The van der Waals surface area contributed by atoms with Gasteiger partial charge in [-0.15, -0.1) is 0 Å². The largest absolute Gasteiger partial charge is 0.619 e. The summed E-state index contributed by atoms with van der Waals surface area (Å²) in [5.41, 5.74) is 15.1.